The van der Waals surface area contributed by atoms with Gasteiger partial charge in [0.05, 0.1) is 15.4 Å². The SMILES string of the molecule is CC(C)(C)C1CCc2c(sc(/N=C/c3ccc(Sc4n[nH]c(-c5ccccc5)n4)c([N+](=O)[O-])c3)c2C#N)C1. The van der Waals surface area contributed by atoms with Crippen molar-refractivity contribution in [1.82, 2.24) is 15.2 Å². The average molecular weight is 543 g/mol. The number of nitro groups is 1. The first-order valence-corrected chi connectivity index (χ1v) is 13.9. The first-order chi connectivity index (χ1) is 18.2. The van der Waals surface area contributed by atoms with Gasteiger partial charge in [-0.3, -0.25) is 15.2 Å². The van der Waals surface area contributed by atoms with E-state index in [1.54, 1.807) is 29.7 Å². The minimum absolute atomic E-state index is 0.0518. The van der Waals surface area contributed by atoms with Gasteiger partial charge in [-0.25, -0.2) is 9.98 Å². The molecule has 1 aliphatic carbocycles. The highest BCUT2D eigenvalue weighted by Crippen LogP contribution is 2.45. The molecule has 8 nitrogen and oxygen atoms in total. The Labute approximate surface area is 229 Å². The Morgan fingerprint density at radius 1 is 1.26 bits per heavy atom. The van der Waals surface area contributed by atoms with E-state index >= 15 is 0 Å². The molecule has 0 spiro atoms. The van der Waals surface area contributed by atoms with Gasteiger partial charge in [0, 0.05) is 22.7 Å². The van der Waals surface area contributed by atoms with Crippen LogP contribution in [0.15, 0.2) is 63.6 Å². The second-order valence-corrected chi connectivity index (χ2v) is 12.4. The summed E-state index contributed by atoms with van der Waals surface area (Å²) in [4.78, 5) is 22.2. The van der Waals surface area contributed by atoms with Gasteiger partial charge < -0.3 is 0 Å². The third-order valence-corrected chi connectivity index (χ3v) is 8.90. The molecule has 192 valence electrons. The molecule has 1 atom stereocenters. The second kappa shape index (κ2) is 10.5. The number of hydrogen-bond donors (Lipinski definition) is 1. The quantitative estimate of drug-likeness (QED) is 0.154. The Kier molecular flexibility index (Phi) is 7.15. The highest BCUT2D eigenvalue weighted by Gasteiger charge is 2.32. The monoisotopic (exact) mass is 542 g/mol. The van der Waals surface area contributed by atoms with Gasteiger partial charge in [-0.15, -0.1) is 16.4 Å². The van der Waals surface area contributed by atoms with Crippen LogP contribution in [0.4, 0.5) is 10.7 Å². The molecular formula is C28H26N6O2S2. The van der Waals surface area contributed by atoms with Gasteiger partial charge in [0.15, 0.2) is 5.82 Å². The number of benzene rings is 2. The maximum absolute atomic E-state index is 11.9. The van der Waals surface area contributed by atoms with Crippen molar-refractivity contribution in [3.05, 3.63) is 80.2 Å². The molecule has 0 bridgehead atoms. The standard InChI is InChI=1S/C28H26N6O2S2/c1-28(2,3)19-10-11-20-21(15-29)26(37-24(20)14-19)30-16-17-9-12-23(22(13-17)34(35)36)38-27-31-25(32-33-27)18-7-5-4-6-8-18/h4-9,12-13,16,19H,10-11,14H2,1-3H3,(H,31,32,33)/b30-16+. The fourth-order valence-electron chi connectivity index (χ4n) is 4.61. The molecule has 0 aliphatic heterocycles. The predicted octanol–water partition coefficient (Wildman–Crippen LogP) is 7.37. The van der Waals surface area contributed by atoms with Gasteiger partial charge in [0.2, 0.25) is 5.16 Å². The third-order valence-electron chi connectivity index (χ3n) is 6.81. The zero-order chi connectivity index (χ0) is 26.9. The van der Waals surface area contributed by atoms with Crippen LogP contribution in [-0.4, -0.2) is 26.3 Å². The molecule has 5 rings (SSSR count). The van der Waals surface area contributed by atoms with Gasteiger partial charge in [0.1, 0.15) is 11.1 Å². The molecular weight excluding hydrogens is 516 g/mol. The number of hydrogen-bond acceptors (Lipinski definition) is 8. The number of aromatic nitrogens is 3. The molecule has 2 aromatic carbocycles. The summed E-state index contributed by atoms with van der Waals surface area (Å²) in [6, 6.07) is 16.8. The minimum Gasteiger partial charge on any atom is -0.258 e. The molecule has 0 radical (unpaired) electrons. The summed E-state index contributed by atoms with van der Waals surface area (Å²) in [5.74, 6) is 1.16. The molecule has 0 fully saturated rings. The molecule has 1 N–H and O–H groups in total. The smallest absolute Gasteiger partial charge is 0.258 e. The highest BCUT2D eigenvalue weighted by atomic mass is 32.2. The van der Waals surface area contributed by atoms with E-state index in [2.05, 4.69) is 47.0 Å². The van der Waals surface area contributed by atoms with E-state index in [1.807, 2.05) is 30.3 Å². The molecule has 0 saturated carbocycles. The van der Waals surface area contributed by atoms with Crippen molar-refractivity contribution in [2.45, 2.75) is 50.1 Å². The van der Waals surface area contributed by atoms with E-state index in [9.17, 15) is 15.4 Å². The van der Waals surface area contributed by atoms with Gasteiger partial charge >= 0.3 is 0 Å². The zero-order valence-electron chi connectivity index (χ0n) is 21.3. The van der Waals surface area contributed by atoms with Crippen LogP contribution in [0.1, 0.15) is 48.8 Å². The number of nitro benzene ring substituents is 1. The van der Waals surface area contributed by atoms with Crippen LogP contribution in [0.25, 0.3) is 11.4 Å². The van der Waals surface area contributed by atoms with Crippen LogP contribution in [0.3, 0.4) is 0 Å². The summed E-state index contributed by atoms with van der Waals surface area (Å²) < 4.78 is 0. The van der Waals surface area contributed by atoms with Crippen molar-refractivity contribution >= 4 is 40.0 Å². The molecule has 0 saturated heterocycles. The summed E-state index contributed by atoms with van der Waals surface area (Å²) in [5, 5.41) is 29.9. The Morgan fingerprint density at radius 2 is 2.05 bits per heavy atom. The van der Waals surface area contributed by atoms with E-state index in [0.717, 1.165) is 42.2 Å². The number of H-pyrrole nitrogens is 1. The largest absolute Gasteiger partial charge is 0.283 e. The molecule has 0 amide bonds. The van der Waals surface area contributed by atoms with Gasteiger partial charge in [-0.05, 0) is 59.6 Å². The summed E-state index contributed by atoms with van der Waals surface area (Å²) in [6.07, 6.45) is 4.50. The highest BCUT2D eigenvalue weighted by molar-refractivity contribution is 7.99. The maximum Gasteiger partial charge on any atom is 0.283 e. The maximum atomic E-state index is 11.9. The van der Waals surface area contributed by atoms with Crippen LogP contribution in [-0.2, 0) is 12.8 Å². The number of nitrogens with one attached hydrogen (secondary N) is 1. The molecule has 38 heavy (non-hydrogen) atoms. The van der Waals surface area contributed by atoms with Crippen LogP contribution in [0.5, 0.6) is 0 Å². The van der Waals surface area contributed by atoms with Crippen molar-refractivity contribution in [2.24, 2.45) is 16.3 Å². The fourth-order valence-corrected chi connectivity index (χ4v) is 6.63. The normalized spacial score (nSPS) is 15.4. The average Bonchev–Trinajstić information content (AvgIpc) is 3.51. The molecule has 2 heterocycles. The Balaban J connectivity index is 1.38. The lowest BCUT2D eigenvalue weighted by Gasteiger charge is -2.33. The summed E-state index contributed by atoms with van der Waals surface area (Å²) in [7, 11) is 0. The van der Waals surface area contributed by atoms with E-state index in [4.69, 9.17) is 0 Å². The lowest BCUT2D eigenvalue weighted by molar-refractivity contribution is -0.387. The minimum atomic E-state index is -0.415. The second-order valence-electron chi connectivity index (χ2n) is 10.3. The summed E-state index contributed by atoms with van der Waals surface area (Å²) in [6.45, 7) is 6.79. The van der Waals surface area contributed by atoms with Crippen molar-refractivity contribution < 1.29 is 4.92 Å². The fraction of sp³-hybridized carbons (Fsp3) is 0.286. The topological polar surface area (TPSA) is 121 Å². The van der Waals surface area contributed by atoms with Crippen molar-refractivity contribution in [2.75, 3.05) is 0 Å². The van der Waals surface area contributed by atoms with E-state index < -0.39 is 4.92 Å². The lowest BCUT2D eigenvalue weighted by Crippen LogP contribution is -2.26. The number of aromatic amines is 1. The number of rotatable bonds is 6. The van der Waals surface area contributed by atoms with Gasteiger partial charge in [0.25, 0.3) is 5.69 Å². The van der Waals surface area contributed by atoms with Crippen LogP contribution in [0.2, 0.25) is 0 Å². The summed E-state index contributed by atoms with van der Waals surface area (Å²) >= 11 is 2.69. The number of fused-ring (bicyclic) bond motifs is 1. The van der Waals surface area contributed by atoms with Gasteiger partial charge in [-0.1, -0.05) is 57.2 Å². The molecule has 2 aromatic heterocycles. The molecule has 1 aliphatic rings. The van der Waals surface area contributed by atoms with Crippen molar-refractivity contribution in [1.29, 1.82) is 5.26 Å². The van der Waals surface area contributed by atoms with Crippen LogP contribution >= 0.6 is 23.1 Å². The van der Waals surface area contributed by atoms with Crippen LogP contribution < -0.4 is 0 Å². The number of nitriles is 1. The Bertz CT molecular complexity index is 1560. The first kappa shape index (κ1) is 25.8. The Hall–Kier alpha value is -3.81. The first-order valence-electron chi connectivity index (χ1n) is 12.3. The van der Waals surface area contributed by atoms with E-state index in [1.165, 1.54) is 10.9 Å². The zero-order valence-corrected chi connectivity index (χ0v) is 22.9. The number of nitrogens with zero attached hydrogens (tertiary/aromatic N) is 5. The van der Waals surface area contributed by atoms with Gasteiger partial charge in [-0.2, -0.15) is 5.26 Å². The number of aliphatic imine (C=N–C) groups is 1. The predicted molar refractivity (Wildman–Crippen MR) is 150 cm³/mol. The third kappa shape index (κ3) is 5.39. The number of thiophene rings is 1. The Morgan fingerprint density at radius 3 is 2.76 bits per heavy atom. The van der Waals surface area contributed by atoms with Crippen molar-refractivity contribution in [3.8, 4) is 17.5 Å². The molecule has 4 aromatic rings. The van der Waals surface area contributed by atoms with Crippen LogP contribution in [0, 0.1) is 32.8 Å². The van der Waals surface area contributed by atoms with Crippen molar-refractivity contribution in [3.63, 3.8) is 0 Å². The molecule has 1 unspecified atom stereocenters. The van der Waals surface area contributed by atoms with E-state index in [-0.39, 0.29) is 11.1 Å². The lowest BCUT2D eigenvalue weighted by atomic mass is 9.72. The molecule has 10 heteroatoms. The summed E-state index contributed by atoms with van der Waals surface area (Å²) in [5.41, 5.74) is 3.38. The van der Waals surface area contributed by atoms with E-state index in [0.29, 0.717) is 37.9 Å².